The average Bonchev–Trinajstić information content (AvgIpc) is 2.83. The second-order valence-electron chi connectivity index (χ2n) is 4.67. The fourth-order valence-electron chi connectivity index (χ4n) is 2.17. The number of unbranched alkanes of at least 4 members (excludes halogenated alkanes) is 1. The minimum Gasteiger partial charge on any atom is -0.370 e. The molecule has 1 aromatic heterocycles. The van der Waals surface area contributed by atoms with Crippen LogP contribution in [0.2, 0.25) is 0 Å². The molecule has 0 radical (unpaired) electrons. The Kier molecular flexibility index (Phi) is 4.59. The molecule has 94 valence electrons. The van der Waals surface area contributed by atoms with E-state index >= 15 is 0 Å². The van der Waals surface area contributed by atoms with Gasteiger partial charge in [-0.2, -0.15) is 4.98 Å². The highest BCUT2D eigenvalue weighted by atomic mass is 15.1. The molecule has 0 spiro atoms. The largest absolute Gasteiger partial charge is 0.370 e. The molecule has 17 heavy (non-hydrogen) atoms. The number of nitrogens with one attached hydrogen (secondary N) is 2. The van der Waals surface area contributed by atoms with Crippen molar-refractivity contribution in [1.82, 2.24) is 9.97 Å². The number of hydrogen-bond acceptors (Lipinski definition) is 4. The van der Waals surface area contributed by atoms with Crippen LogP contribution >= 0.6 is 0 Å². The summed E-state index contributed by atoms with van der Waals surface area (Å²) < 4.78 is 0. The van der Waals surface area contributed by atoms with Gasteiger partial charge in [0.15, 0.2) is 0 Å². The topological polar surface area (TPSA) is 49.8 Å². The normalized spacial score (nSPS) is 16.1. The minimum absolute atomic E-state index is 0.570. The molecule has 0 aliphatic heterocycles. The van der Waals surface area contributed by atoms with E-state index in [2.05, 4.69) is 27.5 Å². The molecule has 2 rings (SSSR count). The third-order valence-corrected chi connectivity index (χ3v) is 3.18. The van der Waals surface area contributed by atoms with Gasteiger partial charge in [0.1, 0.15) is 5.82 Å². The van der Waals surface area contributed by atoms with Gasteiger partial charge in [-0.15, -0.1) is 0 Å². The fraction of sp³-hybridized carbons (Fsp3) is 0.692. The molecule has 1 heterocycles. The standard InChI is InChI=1S/C13H22N4/c1-2-3-9-14-12-8-10-15-13(17-12)16-11-6-4-5-7-11/h8,10-11H,2-7,9H2,1H3,(H2,14,15,16,17). The Morgan fingerprint density at radius 1 is 1.35 bits per heavy atom. The second-order valence-corrected chi connectivity index (χ2v) is 4.67. The van der Waals surface area contributed by atoms with Crippen LogP contribution in [0.3, 0.4) is 0 Å². The van der Waals surface area contributed by atoms with Gasteiger partial charge in [0.25, 0.3) is 0 Å². The van der Waals surface area contributed by atoms with Crippen LogP contribution < -0.4 is 10.6 Å². The van der Waals surface area contributed by atoms with Crippen molar-refractivity contribution in [1.29, 1.82) is 0 Å². The Morgan fingerprint density at radius 2 is 2.18 bits per heavy atom. The molecular weight excluding hydrogens is 212 g/mol. The van der Waals surface area contributed by atoms with Crippen molar-refractivity contribution < 1.29 is 0 Å². The minimum atomic E-state index is 0.570. The number of nitrogens with zero attached hydrogens (tertiary/aromatic N) is 2. The number of hydrogen-bond donors (Lipinski definition) is 2. The van der Waals surface area contributed by atoms with E-state index in [1.165, 1.54) is 38.5 Å². The van der Waals surface area contributed by atoms with Gasteiger partial charge < -0.3 is 10.6 Å². The van der Waals surface area contributed by atoms with Gasteiger partial charge in [0, 0.05) is 18.8 Å². The van der Waals surface area contributed by atoms with E-state index in [4.69, 9.17) is 0 Å². The Bertz CT molecular complexity index is 334. The van der Waals surface area contributed by atoms with Crippen molar-refractivity contribution in [2.75, 3.05) is 17.2 Å². The summed E-state index contributed by atoms with van der Waals surface area (Å²) in [5, 5.41) is 6.73. The second kappa shape index (κ2) is 6.42. The predicted octanol–water partition coefficient (Wildman–Crippen LogP) is 3.04. The summed E-state index contributed by atoms with van der Waals surface area (Å²) >= 11 is 0. The highest BCUT2D eigenvalue weighted by Crippen LogP contribution is 2.20. The van der Waals surface area contributed by atoms with Crippen molar-refractivity contribution in [3.63, 3.8) is 0 Å². The predicted molar refractivity (Wildman–Crippen MR) is 71.3 cm³/mol. The van der Waals surface area contributed by atoms with E-state index in [9.17, 15) is 0 Å². The van der Waals surface area contributed by atoms with Crippen LogP contribution in [-0.2, 0) is 0 Å². The molecule has 1 saturated carbocycles. The molecule has 0 saturated heterocycles. The summed E-state index contributed by atoms with van der Waals surface area (Å²) in [6.45, 7) is 3.17. The van der Waals surface area contributed by atoms with Gasteiger partial charge in [-0.05, 0) is 25.3 Å². The number of anilines is 2. The van der Waals surface area contributed by atoms with Crippen molar-refractivity contribution >= 4 is 11.8 Å². The molecule has 1 aromatic rings. The molecule has 2 N–H and O–H groups in total. The maximum absolute atomic E-state index is 4.47. The molecule has 0 unspecified atom stereocenters. The SMILES string of the molecule is CCCCNc1ccnc(NC2CCCC2)n1. The van der Waals surface area contributed by atoms with E-state index < -0.39 is 0 Å². The zero-order chi connectivity index (χ0) is 11.9. The molecule has 1 aliphatic rings. The van der Waals surface area contributed by atoms with Crippen LogP contribution in [0.5, 0.6) is 0 Å². The molecular formula is C13H22N4. The van der Waals surface area contributed by atoms with Gasteiger partial charge in [0.2, 0.25) is 5.95 Å². The van der Waals surface area contributed by atoms with Crippen molar-refractivity contribution in [2.24, 2.45) is 0 Å². The summed E-state index contributed by atoms with van der Waals surface area (Å²) in [5.74, 6) is 1.69. The molecule has 4 nitrogen and oxygen atoms in total. The fourth-order valence-corrected chi connectivity index (χ4v) is 2.17. The summed E-state index contributed by atoms with van der Waals surface area (Å²) in [7, 11) is 0. The zero-order valence-corrected chi connectivity index (χ0v) is 10.6. The lowest BCUT2D eigenvalue weighted by Crippen LogP contribution is -2.17. The van der Waals surface area contributed by atoms with Gasteiger partial charge in [0.05, 0.1) is 0 Å². The van der Waals surface area contributed by atoms with Crippen LogP contribution in [0.25, 0.3) is 0 Å². The summed E-state index contributed by atoms with van der Waals surface area (Å²) in [4.78, 5) is 8.74. The summed E-state index contributed by atoms with van der Waals surface area (Å²) in [5.41, 5.74) is 0. The summed E-state index contributed by atoms with van der Waals surface area (Å²) in [6.07, 6.45) is 9.34. The van der Waals surface area contributed by atoms with Crippen molar-refractivity contribution in [3.05, 3.63) is 12.3 Å². The highest BCUT2D eigenvalue weighted by Gasteiger charge is 2.15. The maximum Gasteiger partial charge on any atom is 0.224 e. The van der Waals surface area contributed by atoms with Crippen molar-refractivity contribution in [3.8, 4) is 0 Å². The molecule has 0 bridgehead atoms. The van der Waals surface area contributed by atoms with E-state index in [1.807, 2.05) is 12.3 Å². The lowest BCUT2D eigenvalue weighted by atomic mass is 10.2. The van der Waals surface area contributed by atoms with Gasteiger partial charge in [-0.1, -0.05) is 26.2 Å². The Balaban J connectivity index is 1.86. The Labute approximate surface area is 103 Å². The first-order chi connectivity index (χ1) is 8.38. The number of rotatable bonds is 6. The van der Waals surface area contributed by atoms with E-state index in [0.29, 0.717) is 6.04 Å². The van der Waals surface area contributed by atoms with Crippen molar-refractivity contribution in [2.45, 2.75) is 51.5 Å². The van der Waals surface area contributed by atoms with Crippen LogP contribution in [0.15, 0.2) is 12.3 Å². The van der Waals surface area contributed by atoms with Crippen LogP contribution in [-0.4, -0.2) is 22.6 Å². The smallest absolute Gasteiger partial charge is 0.224 e. The van der Waals surface area contributed by atoms with Gasteiger partial charge in [-0.25, -0.2) is 4.98 Å². The first kappa shape index (κ1) is 12.1. The van der Waals surface area contributed by atoms with E-state index in [-0.39, 0.29) is 0 Å². The molecule has 4 heteroatoms. The van der Waals surface area contributed by atoms with E-state index in [0.717, 1.165) is 18.3 Å². The van der Waals surface area contributed by atoms with Gasteiger partial charge in [-0.3, -0.25) is 0 Å². The Hall–Kier alpha value is -1.32. The number of aromatic nitrogens is 2. The first-order valence-corrected chi connectivity index (χ1v) is 6.72. The third-order valence-electron chi connectivity index (χ3n) is 3.18. The lowest BCUT2D eigenvalue weighted by Gasteiger charge is -2.12. The monoisotopic (exact) mass is 234 g/mol. The van der Waals surface area contributed by atoms with Crippen LogP contribution in [0.4, 0.5) is 11.8 Å². The van der Waals surface area contributed by atoms with Crippen LogP contribution in [0, 0.1) is 0 Å². The van der Waals surface area contributed by atoms with Crippen LogP contribution in [0.1, 0.15) is 45.4 Å². The third kappa shape index (κ3) is 3.88. The maximum atomic E-state index is 4.47. The molecule has 0 amide bonds. The summed E-state index contributed by atoms with van der Waals surface area (Å²) in [6, 6.07) is 2.50. The molecule has 1 fully saturated rings. The van der Waals surface area contributed by atoms with E-state index in [1.54, 1.807) is 0 Å². The molecule has 1 aliphatic carbocycles. The zero-order valence-electron chi connectivity index (χ0n) is 10.6. The quantitative estimate of drug-likeness (QED) is 0.743. The molecule has 0 atom stereocenters. The Morgan fingerprint density at radius 3 is 2.94 bits per heavy atom. The lowest BCUT2D eigenvalue weighted by molar-refractivity contribution is 0.744. The first-order valence-electron chi connectivity index (χ1n) is 6.72. The van der Waals surface area contributed by atoms with Gasteiger partial charge >= 0.3 is 0 Å². The molecule has 0 aromatic carbocycles. The highest BCUT2D eigenvalue weighted by molar-refractivity contribution is 5.39. The average molecular weight is 234 g/mol.